The summed E-state index contributed by atoms with van der Waals surface area (Å²) in [5, 5.41) is 0.481. The van der Waals surface area contributed by atoms with Crippen molar-refractivity contribution in [3.8, 4) is 5.75 Å². The molecule has 138 valence electrons. The first-order valence-electron chi connectivity index (χ1n) is 8.50. The van der Waals surface area contributed by atoms with Crippen LogP contribution in [0.25, 0.3) is 0 Å². The van der Waals surface area contributed by atoms with E-state index in [1.807, 2.05) is 12.1 Å². The summed E-state index contributed by atoms with van der Waals surface area (Å²) in [6, 6.07) is 7.18. The lowest BCUT2D eigenvalue weighted by Crippen LogP contribution is -2.54. The summed E-state index contributed by atoms with van der Waals surface area (Å²) in [5.41, 5.74) is 0. The van der Waals surface area contributed by atoms with Gasteiger partial charge in [-0.25, -0.2) is 8.42 Å². The zero-order chi connectivity index (χ0) is 18.0. The fourth-order valence-electron chi connectivity index (χ4n) is 3.41. The molecule has 0 bridgehead atoms. The van der Waals surface area contributed by atoms with Gasteiger partial charge in [-0.3, -0.25) is 9.69 Å². The highest BCUT2D eigenvalue weighted by molar-refractivity contribution is 7.91. The summed E-state index contributed by atoms with van der Waals surface area (Å²) in [6.07, 6.45) is 0.0840. The van der Waals surface area contributed by atoms with E-state index in [2.05, 4.69) is 4.90 Å². The van der Waals surface area contributed by atoms with E-state index in [9.17, 15) is 13.2 Å². The maximum Gasteiger partial charge on any atom is 0.263 e. The minimum Gasteiger partial charge on any atom is -0.479 e. The predicted molar refractivity (Wildman–Crippen MR) is 96.8 cm³/mol. The molecule has 1 aromatic carbocycles. The van der Waals surface area contributed by atoms with Gasteiger partial charge in [-0.1, -0.05) is 23.7 Å². The van der Waals surface area contributed by atoms with Crippen LogP contribution in [0.3, 0.4) is 0 Å². The molecular formula is C17H23ClN2O4S. The normalized spacial score (nSPS) is 24.9. The van der Waals surface area contributed by atoms with Crippen molar-refractivity contribution in [1.82, 2.24) is 9.80 Å². The number of nitrogens with zero attached hydrogens (tertiary/aromatic N) is 2. The number of piperazine rings is 1. The first-order chi connectivity index (χ1) is 11.9. The number of sulfone groups is 1. The molecule has 0 saturated carbocycles. The number of carbonyl (C=O) groups is 1. The number of hydrogen-bond donors (Lipinski definition) is 0. The molecule has 0 aromatic heterocycles. The molecule has 1 amide bonds. The third kappa shape index (κ3) is 4.46. The van der Waals surface area contributed by atoms with Crippen LogP contribution in [0.1, 0.15) is 13.3 Å². The maximum atomic E-state index is 12.6. The lowest BCUT2D eigenvalue weighted by atomic mass is 10.2. The lowest BCUT2D eigenvalue weighted by Gasteiger charge is -2.38. The van der Waals surface area contributed by atoms with Gasteiger partial charge in [-0.15, -0.1) is 0 Å². The van der Waals surface area contributed by atoms with E-state index in [-0.39, 0.29) is 23.5 Å². The van der Waals surface area contributed by atoms with Crippen LogP contribution in [0.2, 0.25) is 5.02 Å². The number of amides is 1. The SMILES string of the molecule is C[C@@H](Oc1ccccc1Cl)C(=O)N1CCN([C@@H]2CCS(=O)(=O)C2)CC1. The minimum atomic E-state index is -2.88. The van der Waals surface area contributed by atoms with Crippen LogP contribution in [0.5, 0.6) is 5.75 Å². The van der Waals surface area contributed by atoms with Gasteiger partial charge in [0, 0.05) is 32.2 Å². The highest BCUT2D eigenvalue weighted by atomic mass is 35.5. The Balaban J connectivity index is 1.52. The molecule has 2 aliphatic rings. The molecule has 2 fully saturated rings. The average molecular weight is 387 g/mol. The second-order valence-corrected chi connectivity index (χ2v) is 9.24. The van der Waals surface area contributed by atoms with Crippen LogP contribution in [0.15, 0.2) is 24.3 Å². The molecule has 0 unspecified atom stereocenters. The average Bonchev–Trinajstić information content (AvgIpc) is 2.96. The number of benzene rings is 1. The van der Waals surface area contributed by atoms with Crippen molar-refractivity contribution in [2.24, 2.45) is 0 Å². The summed E-state index contributed by atoms with van der Waals surface area (Å²) >= 11 is 6.07. The van der Waals surface area contributed by atoms with E-state index in [1.54, 1.807) is 24.0 Å². The number of hydrogen-bond acceptors (Lipinski definition) is 5. The number of para-hydroxylation sites is 1. The molecule has 1 aromatic rings. The van der Waals surface area contributed by atoms with E-state index in [0.29, 0.717) is 43.4 Å². The Labute approximate surface area is 153 Å². The number of carbonyl (C=O) groups excluding carboxylic acids is 1. The zero-order valence-corrected chi connectivity index (χ0v) is 15.8. The Kier molecular flexibility index (Phi) is 5.55. The Morgan fingerprint density at radius 2 is 1.92 bits per heavy atom. The first-order valence-corrected chi connectivity index (χ1v) is 10.7. The molecule has 25 heavy (non-hydrogen) atoms. The number of ether oxygens (including phenoxy) is 1. The standard InChI is InChI=1S/C17H23ClN2O4S/c1-13(24-16-5-3-2-4-15(16)18)17(21)20-9-7-19(8-10-20)14-6-11-25(22,23)12-14/h2-5,13-14H,6-12H2,1H3/t13-,14-/m1/s1. The Morgan fingerprint density at radius 3 is 2.52 bits per heavy atom. The molecule has 2 saturated heterocycles. The Hall–Kier alpha value is -1.31. The summed E-state index contributed by atoms with van der Waals surface area (Å²) in [7, 11) is -2.88. The van der Waals surface area contributed by atoms with Crippen LogP contribution < -0.4 is 4.74 Å². The maximum absolute atomic E-state index is 12.6. The van der Waals surface area contributed by atoms with Gasteiger partial charge >= 0.3 is 0 Å². The minimum absolute atomic E-state index is 0.0707. The topological polar surface area (TPSA) is 66.9 Å². The van der Waals surface area contributed by atoms with Crippen LogP contribution in [0, 0.1) is 0 Å². The molecular weight excluding hydrogens is 364 g/mol. The highest BCUT2D eigenvalue weighted by Crippen LogP contribution is 2.25. The van der Waals surface area contributed by atoms with Gasteiger partial charge < -0.3 is 9.64 Å². The van der Waals surface area contributed by atoms with Crippen molar-refractivity contribution in [1.29, 1.82) is 0 Å². The van der Waals surface area contributed by atoms with Crippen molar-refractivity contribution >= 4 is 27.3 Å². The highest BCUT2D eigenvalue weighted by Gasteiger charge is 2.35. The molecule has 0 radical (unpaired) electrons. The van der Waals surface area contributed by atoms with Gasteiger partial charge in [-0.05, 0) is 25.5 Å². The molecule has 0 spiro atoms. The lowest BCUT2D eigenvalue weighted by molar-refractivity contribution is -0.140. The largest absolute Gasteiger partial charge is 0.479 e. The van der Waals surface area contributed by atoms with Crippen LogP contribution in [-0.4, -0.2) is 74.0 Å². The smallest absolute Gasteiger partial charge is 0.263 e. The fourth-order valence-corrected chi connectivity index (χ4v) is 5.35. The second-order valence-electron chi connectivity index (χ2n) is 6.61. The van der Waals surface area contributed by atoms with Crippen molar-refractivity contribution < 1.29 is 17.9 Å². The number of rotatable bonds is 4. The van der Waals surface area contributed by atoms with Crippen molar-refractivity contribution in [2.75, 3.05) is 37.7 Å². The van der Waals surface area contributed by atoms with Crippen molar-refractivity contribution in [2.45, 2.75) is 25.5 Å². The van der Waals surface area contributed by atoms with E-state index in [4.69, 9.17) is 16.3 Å². The summed E-state index contributed by atoms with van der Waals surface area (Å²) < 4.78 is 29.0. The zero-order valence-electron chi connectivity index (χ0n) is 14.2. The van der Waals surface area contributed by atoms with Gasteiger partial charge in [-0.2, -0.15) is 0 Å². The molecule has 2 atom stereocenters. The van der Waals surface area contributed by atoms with Gasteiger partial charge in [0.15, 0.2) is 15.9 Å². The molecule has 2 aliphatic heterocycles. The summed E-state index contributed by atoms with van der Waals surface area (Å²) in [6.45, 7) is 4.30. The Morgan fingerprint density at radius 1 is 1.24 bits per heavy atom. The Bertz CT molecular complexity index is 732. The van der Waals surface area contributed by atoms with Gasteiger partial charge in [0.1, 0.15) is 5.75 Å². The molecule has 0 N–H and O–H groups in total. The summed E-state index contributed by atoms with van der Waals surface area (Å²) in [4.78, 5) is 16.6. The van der Waals surface area contributed by atoms with E-state index < -0.39 is 15.9 Å². The third-order valence-electron chi connectivity index (χ3n) is 4.84. The monoisotopic (exact) mass is 386 g/mol. The van der Waals surface area contributed by atoms with Gasteiger partial charge in [0.2, 0.25) is 0 Å². The van der Waals surface area contributed by atoms with E-state index in [0.717, 1.165) is 0 Å². The fraction of sp³-hybridized carbons (Fsp3) is 0.588. The first kappa shape index (κ1) is 18.5. The van der Waals surface area contributed by atoms with Gasteiger partial charge in [0.25, 0.3) is 5.91 Å². The molecule has 6 nitrogen and oxygen atoms in total. The molecule has 3 rings (SSSR count). The summed E-state index contributed by atoms with van der Waals surface area (Å²) in [5.74, 6) is 0.949. The van der Waals surface area contributed by atoms with Crippen LogP contribution >= 0.6 is 11.6 Å². The van der Waals surface area contributed by atoms with E-state index >= 15 is 0 Å². The van der Waals surface area contributed by atoms with Crippen LogP contribution in [-0.2, 0) is 14.6 Å². The molecule has 8 heteroatoms. The van der Waals surface area contributed by atoms with Crippen molar-refractivity contribution in [3.63, 3.8) is 0 Å². The third-order valence-corrected chi connectivity index (χ3v) is 6.90. The van der Waals surface area contributed by atoms with E-state index in [1.165, 1.54) is 0 Å². The molecule has 0 aliphatic carbocycles. The van der Waals surface area contributed by atoms with Gasteiger partial charge in [0.05, 0.1) is 16.5 Å². The number of halogens is 1. The second kappa shape index (κ2) is 7.51. The quantitative estimate of drug-likeness (QED) is 0.783. The molecule has 2 heterocycles. The van der Waals surface area contributed by atoms with Crippen molar-refractivity contribution in [3.05, 3.63) is 29.3 Å². The predicted octanol–water partition coefficient (Wildman–Crippen LogP) is 1.44. The van der Waals surface area contributed by atoms with Crippen LogP contribution in [0.4, 0.5) is 0 Å².